The van der Waals surface area contributed by atoms with Crippen LogP contribution in [0.1, 0.15) is 24.2 Å². The van der Waals surface area contributed by atoms with Crippen LogP contribution >= 0.6 is 23.4 Å². The van der Waals surface area contributed by atoms with Gasteiger partial charge in [0, 0.05) is 43.6 Å². The maximum atomic E-state index is 6.07. The summed E-state index contributed by atoms with van der Waals surface area (Å²) in [6.45, 7) is 5.19. The highest BCUT2D eigenvalue weighted by Crippen LogP contribution is 2.27. The maximum absolute atomic E-state index is 6.07. The summed E-state index contributed by atoms with van der Waals surface area (Å²) < 4.78 is 5.32. The van der Waals surface area contributed by atoms with E-state index in [1.807, 2.05) is 25.1 Å². The van der Waals surface area contributed by atoms with E-state index in [1.165, 1.54) is 5.56 Å². The van der Waals surface area contributed by atoms with Gasteiger partial charge in [-0.3, -0.25) is 4.99 Å². The van der Waals surface area contributed by atoms with E-state index in [0.29, 0.717) is 5.25 Å². The SMILES string of the molecule is CCOCCCNC(=NC)NCC(SC)c1cccc(Cl)c1. The third-order valence-electron chi connectivity index (χ3n) is 3.15. The van der Waals surface area contributed by atoms with E-state index in [0.717, 1.165) is 43.7 Å². The fourth-order valence-corrected chi connectivity index (χ4v) is 2.85. The Bertz CT molecular complexity index is 457. The molecule has 1 aromatic rings. The fraction of sp³-hybridized carbons (Fsp3) is 0.562. The molecule has 1 aromatic carbocycles. The minimum atomic E-state index is 0.334. The van der Waals surface area contributed by atoms with Crippen LogP contribution < -0.4 is 10.6 Å². The molecule has 0 aliphatic heterocycles. The van der Waals surface area contributed by atoms with Crippen molar-refractivity contribution in [2.75, 3.05) is 39.6 Å². The lowest BCUT2D eigenvalue weighted by Crippen LogP contribution is -2.39. The van der Waals surface area contributed by atoms with Gasteiger partial charge in [-0.15, -0.1) is 0 Å². The number of nitrogens with one attached hydrogen (secondary N) is 2. The number of aliphatic imine (C=N–C) groups is 1. The van der Waals surface area contributed by atoms with E-state index in [-0.39, 0.29) is 0 Å². The summed E-state index contributed by atoms with van der Waals surface area (Å²) >= 11 is 7.86. The normalized spacial score (nSPS) is 13.0. The van der Waals surface area contributed by atoms with Gasteiger partial charge < -0.3 is 15.4 Å². The molecule has 1 unspecified atom stereocenters. The first-order chi connectivity index (χ1) is 10.7. The van der Waals surface area contributed by atoms with Crippen LogP contribution in [0.5, 0.6) is 0 Å². The van der Waals surface area contributed by atoms with Gasteiger partial charge in [-0.1, -0.05) is 23.7 Å². The number of hydrogen-bond donors (Lipinski definition) is 2. The van der Waals surface area contributed by atoms with Crippen molar-refractivity contribution in [2.24, 2.45) is 4.99 Å². The van der Waals surface area contributed by atoms with Crippen molar-refractivity contribution in [1.82, 2.24) is 10.6 Å². The molecule has 0 radical (unpaired) electrons. The molecule has 0 aliphatic rings. The minimum absolute atomic E-state index is 0.334. The van der Waals surface area contributed by atoms with Crippen LogP contribution in [-0.2, 0) is 4.74 Å². The molecule has 0 saturated heterocycles. The summed E-state index contributed by atoms with van der Waals surface area (Å²) in [5.41, 5.74) is 1.22. The molecule has 2 N–H and O–H groups in total. The smallest absolute Gasteiger partial charge is 0.191 e. The lowest BCUT2D eigenvalue weighted by Gasteiger charge is -2.18. The Morgan fingerprint density at radius 3 is 2.86 bits per heavy atom. The number of hydrogen-bond acceptors (Lipinski definition) is 3. The van der Waals surface area contributed by atoms with Gasteiger partial charge in [0.25, 0.3) is 0 Å². The quantitative estimate of drug-likeness (QED) is 0.410. The standard InChI is InChI=1S/C16H26ClN3OS/c1-4-21-10-6-9-19-16(18-2)20-12-15(22-3)13-7-5-8-14(17)11-13/h5,7-8,11,15H,4,6,9-10,12H2,1-3H3,(H2,18,19,20). The van der Waals surface area contributed by atoms with Gasteiger partial charge in [0.1, 0.15) is 0 Å². The summed E-state index contributed by atoms with van der Waals surface area (Å²) in [6.07, 6.45) is 3.07. The zero-order valence-corrected chi connectivity index (χ0v) is 15.1. The van der Waals surface area contributed by atoms with E-state index in [9.17, 15) is 0 Å². The second kappa shape index (κ2) is 11.6. The molecule has 0 fully saturated rings. The van der Waals surface area contributed by atoms with Crippen molar-refractivity contribution in [3.05, 3.63) is 34.9 Å². The lowest BCUT2D eigenvalue weighted by molar-refractivity contribution is 0.145. The van der Waals surface area contributed by atoms with Gasteiger partial charge in [-0.05, 0) is 37.3 Å². The summed E-state index contributed by atoms with van der Waals surface area (Å²) in [7, 11) is 1.78. The summed E-state index contributed by atoms with van der Waals surface area (Å²) in [6, 6.07) is 8.01. The van der Waals surface area contributed by atoms with Crippen LogP contribution in [-0.4, -0.2) is 45.6 Å². The molecule has 0 bridgehead atoms. The lowest BCUT2D eigenvalue weighted by atomic mass is 10.1. The molecule has 1 rings (SSSR count). The molecule has 4 nitrogen and oxygen atoms in total. The summed E-state index contributed by atoms with van der Waals surface area (Å²) in [5, 5.41) is 7.76. The molecule has 0 amide bonds. The number of thioether (sulfide) groups is 1. The number of rotatable bonds is 9. The highest BCUT2D eigenvalue weighted by atomic mass is 35.5. The Morgan fingerprint density at radius 1 is 1.41 bits per heavy atom. The molecule has 0 spiro atoms. The first-order valence-electron chi connectivity index (χ1n) is 7.51. The maximum Gasteiger partial charge on any atom is 0.191 e. The van der Waals surface area contributed by atoms with E-state index >= 15 is 0 Å². The Morgan fingerprint density at radius 2 is 2.23 bits per heavy atom. The number of guanidine groups is 1. The summed E-state index contributed by atoms with van der Waals surface area (Å²) in [5.74, 6) is 0.817. The third-order valence-corrected chi connectivity index (χ3v) is 4.39. The second-order valence-corrected chi connectivity index (χ2v) is 6.19. The predicted octanol–water partition coefficient (Wildman–Crippen LogP) is 3.34. The minimum Gasteiger partial charge on any atom is -0.382 e. The van der Waals surface area contributed by atoms with Gasteiger partial charge in [-0.2, -0.15) is 11.8 Å². The predicted molar refractivity (Wildman–Crippen MR) is 98.2 cm³/mol. The average Bonchev–Trinajstić information content (AvgIpc) is 2.53. The Kier molecular flexibility index (Phi) is 10.1. The Hall–Kier alpha value is -0.910. The molecule has 6 heteroatoms. The number of benzene rings is 1. The zero-order valence-electron chi connectivity index (χ0n) is 13.6. The van der Waals surface area contributed by atoms with Crippen LogP contribution in [0.3, 0.4) is 0 Å². The first-order valence-corrected chi connectivity index (χ1v) is 9.18. The molecule has 0 aromatic heterocycles. The van der Waals surface area contributed by atoms with Crippen molar-refractivity contribution in [2.45, 2.75) is 18.6 Å². The first kappa shape index (κ1) is 19.1. The Labute approximate surface area is 143 Å². The van der Waals surface area contributed by atoms with Crippen molar-refractivity contribution < 1.29 is 4.74 Å². The van der Waals surface area contributed by atoms with Crippen LogP contribution in [0, 0.1) is 0 Å². The van der Waals surface area contributed by atoms with Crippen LogP contribution in [0.25, 0.3) is 0 Å². The number of halogens is 1. The molecular weight excluding hydrogens is 318 g/mol. The second-order valence-electron chi connectivity index (χ2n) is 4.71. The van der Waals surface area contributed by atoms with Crippen LogP contribution in [0.2, 0.25) is 5.02 Å². The monoisotopic (exact) mass is 343 g/mol. The zero-order chi connectivity index (χ0) is 16.2. The number of nitrogens with zero attached hydrogens (tertiary/aromatic N) is 1. The van der Waals surface area contributed by atoms with Crippen molar-refractivity contribution in [3.8, 4) is 0 Å². The number of ether oxygens (including phenoxy) is 1. The Balaban J connectivity index is 2.40. The van der Waals surface area contributed by atoms with Gasteiger partial charge in [0.15, 0.2) is 5.96 Å². The molecule has 0 heterocycles. The van der Waals surface area contributed by atoms with Gasteiger partial charge in [-0.25, -0.2) is 0 Å². The molecule has 0 aliphatic carbocycles. The van der Waals surface area contributed by atoms with Crippen LogP contribution in [0.4, 0.5) is 0 Å². The fourth-order valence-electron chi connectivity index (χ4n) is 1.98. The van der Waals surface area contributed by atoms with E-state index in [2.05, 4.69) is 27.9 Å². The van der Waals surface area contributed by atoms with Crippen molar-refractivity contribution >= 4 is 29.3 Å². The topological polar surface area (TPSA) is 45.6 Å². The third kappa shape index (κ3) is 7.38. The van der Waals surface area contributed by atoms with E-state index in [4.69, 9.17) is 16.3 Å². The van der Waals surface area contributed by atoms with Crippen LogP contribution in [0.15, 0.2) is 29.3 Å². The van der Waals surface area contributed by atoms with Gasteiger partial charge >= 0.3 is 0 Å². The highest BCUT2D eigenvalue weighted by molar-refractivity contribution is 7.98. The summed E-state index contributed by atoms with van der Waals surface area (Å²) in [4.78, 5) is 4.24. The molecular formula is C16H26ClN3OS. The molecule has 124 valence electrons. The van der Waals surface area contributed by atoms with Crippen molar-refractivity contribution in [1.29, 1.82) is 0 Å². The highest BCUT2D eigenvalue weighted by Gasteiger charge is 2.11. The molecule has 22 heavy (non-hydrogen) atoms. The largest absolute Gasteiger partial charge is 0.382 e. The van der Waals surface area contributed by atoms with E-state index < -0.39 is 0 Å². The van der Waals surface area contributed by atoms with E-state index in [1.54, 1.807) is 18.8 Å². The van der Waals surface area contributed by atoms with Gasteiger partial charge in [0.05, 0.1) is 0 Å². The average molecular weight is 344 g/mol. The molecule has 1 atom stereocenters. The van der Waals surface area contributed by atoms with Crippen molar-refractivity contribution in [3.63, 3.8) is 0 Å². The van der Waals surface area contributed by atoms with Gasteiger partial charge in [0.2, 0.25) is 0 Å². The molecule has 0 saturated carbocycles.